The van der Waals surface area contributed by atoms with Crippen LogP contribution < -0.4 is 5.32 Å². The minimum absolute atomic E-state index is 0.733. The van der Waals surface area contributed by atoms with Crippen molar-refractivity contribution in [2.75, 3.05) is 18.1 Å². The molecule has 12 heavy (non-hydrogen) atoms. The van der Waals surface area contributed by atoms with Crippen molar-refractivity contribution < 1.29 is 0 Å². The van der Waals surface area contributed by atoms with Crippen LogP contribution in [0.25, 0.3) is 0 Å². The Hall–Kier alpha value is 0.310. The molecule has 0 bridgehead atoms. The van der Waals surface area contributed by atoms with Gasteiger partial charge in [0.15, 0.2) is 0 Å². The van der Waals surface area contributed by atoms with Crippen LogP contribution in [-0.4, -0.2) is 24.1 Å². The molecule has 0 aliphatic carbocycles. The largest absolute Gasteiger partial charge is 0.313 e. The van der Waals surface area contributed by atoms with E-state index in [0.717, 1.165) is 12.6 Å². The van der Waals surface area contributed by atoms with Crippen molar-refractivity contribution in [3.8, 4) is 0 Å². The van der Waals surface area contributed by atoms with Gasteiger partial charge in [0.25, 0.3) is 0 Å². The first-order valence-corrected chi connectivity index (χ1v) is 6.31. The van der Waals surface area contributed by atoms with Crippen LogP contribution in [0.3, 0.4) is 0 Å². The third-order valence-electron chi connectivity index (χ3n) is 1.95. The predicted molar refractivity (Wildman–Crippen MR) is 60.0 cm³/mol. The van der Waals surface area contributed by atoms with E-state index in [9.17, 15) is 0 Å². The summed E-state index contributed by atoms with van der Waals surface area (Å²) in [6, 6.07) is 0.733. The van der Waals surface area contributed by atoms with Gasteiger partial charge in [-0.3, -0.25) is 0 Å². The van der Waals surface area contributed by atoms with Gasteiger partial charge in [0.2, 0.25) is 0 Å². The smallest absolute Gasteiger partial charge is 0.0155 e. The zero-order valence-corrected chi connectivity index (χ0v) is 9.54. The quantitative estimate of drug-likeness (QED) is 0.589. The maximum Gasteiger partial charge on any atom is 0.0155 e. The molecule has 0 saturated heterocycles. The summed E-state index contributed by atoms with van der Waals surface area (Å²) in [6.07, 6.45) is 3.95. The summed E-state index contributed by atoms with van der Waals surface area (Å²) in [5.74, 6) is 2.61. The molecular weight excluding hydrogens is 166 g/mol. The van der Waals surface area contributed by atoms with Gasteiger partial charge in [0.05, 0.1) is 0 Å². The third-order valence-corrected chi connectivity index (χ3v) is 3.16. The van der Waals surface area contributed by atoms with Crippen LogP contribution in [-0.2, 0) is 0 Å². The number of thioether (sulfide) groups is 1. The van der Waals surface area contributed by atoms with Crippen LogP contribution in [0.4, 0.5) is 0 Å². The molecule has 0 aromatic carbocycles. The first-order chi connectivity index (χ1) is 5.85. The van der Waals surface area contributed by atoms with Crippen molar-refractivity contribution in [2.45, 2.75) is 46.1 Å². The zero-order chi connectivity index (χ0) is 9.23. The lowest BCUT2D eigenvalue weighted by molar-refractivity contribution is 0.560. The lowest BCUT2D eigenvalue weighted by atomic mass is 10.2. The summed E-state index contributed by atoms with van der Waals surface area (Å²) in [4.78, 5) is 0. The van der Waals surface area contributed by atoms with Crippen molar-refractivity contribution in [2.24, 2.45) is 0 Å². The van der Waals surface area contributed by atoms with Gasteiger partial charge in [-0.05, 0) is 25.1 Å². The summed E-state index contributed by atoms with van der Waals surface area (Å²) >= 11 is 2.09. The average Bonchev–Trinajstić information content (AvgIpc) is 2.10. The Labute approximate surface area is 81.7 Å². The molecule has 0 rings (SSSR count). The topological polar surface area (TPSA) is 12.0 Å². The summed E-state index contributed by atoms with van der Waals surface area (Å²) in [6.45, 7) is 7.79. The SMILES string of the molecule is CCCCSCC(CC)NCC. The summed E-state index contributed by atoms with van der Waals surface area (Å²) < 4.78 is 0. The summed E-state index contributed by atoms with van der Waals surface area (Å²) in [7, 11) is 0. The fraction of sp³-hybridized carbons (Fsp3) is 1.00. The highest BCUT2D eigenvalue weighted by Crippen LogP contribution is 2.07. The molecule has 0 aliphatic heterocycles. The molecule has 0 aromatic heterocycles. The molecule has 2 heteroatoms. The normalized spacial score (nSPS) is 13.2. The first kappa shape index (κ1) is 12.3. The highest BCUT2D eigenvalue weighted by Gasteiger charge is 2.02. The Morgan fingerprint density at radius 2 is 2.00 bits per heavy atom. The van der Waals surface area contributed by atoms with E-state index < -0.39 is 0 Å². The van der Waals surface area contributed by atoms with E-state index in [1.165, 1.54) is 30.8 Å². The zero-order valence-electron chi connectivity index (χ0n) is 8.73. The van der Waals surface area contributed by atoms with Gasteiger partial charge in [0, 0.05) is 11.8 Å². The molecule has 0 aliphatic rings. The van der Waals surface area contributed by atoms with Gasteiger partial charge in [-0.2, -0.15) is 11.8 Å². The molecule has 0 aromatic rings. The van der Waals surface area contributed by atoms with E-state index in [1.54, 1.807) is 0 Å². The second-order valence-corrected chi connectivity index (χ2v) is 4.24. The van der Waals surface area contributed by atoms with E-state index in [2.05, 4.69) is 37.8 Å². The number of nitrogens with one attached hydrogen (secondary N) is 1. The van der Waals surface area contributed by atoms with Crippen LogP contribution in [0, 0.1) is 0 Å². The second-order valence-electron chi connectivity index (χ2n) is 3.09. The number of unbranched alkanes of at least 4 members (excludes halogenated alkanes) is 1. The number of hydrogen-bond acceptors (Lipinski definition) is 2. The van der Waals surface area contributed by atoms with Crippen molar-refractivity contribution >= 4 is 11.8 Å². The highest BCUT2D eigenvalue weighted by molar-refractivity contribution is 7.99. The fourth-order valence-corrected chi connectivity index (χ4v) is 2.38. The summed E-state index contributed by atoms with van der Waals surface area (Å²) in [5, 5.41) is 3.49. The van der Waals surface area contributed by atoms with Gasteiger partial charge in [-0.15, -0.1) is 0 Å². The Morgan fingerprint density at radius 1 is 1.25 bits per heavy atom. The molecule has 1 unspecified atom stereocenters. The maximum atomic E-state index is 3.49. The van der Waals surface area contributed by atoms with Crippen LogP contribution in [0.2, 0.25) is 0 Å². The van der Waals surface area contributed by atoms with Crippen molar-refractivity contribution in [1.82, 2.24) is 5.32 Å². The molecule has 1 N–H and O–H groups in total. The van der Waals surface area contributed by atoms with Crippen molar-refractivity contribution in [3.05, 3.63) is 0 Å². The molecule has 0 saturated carbocycles. The molecule has 0 radical (unpaired) electrons. The monoisotopic (exact) mass is 189 g/mol. The number of hydrogen-bond donors (Lipinski definition) is 1. The van der Waals surface area contributed by atoms with Gasteiger partial charge >= 0.3 is 0 Å². The lowest BCUT2D eigenvalue weighted by Gasteiger charge is -2.14. The Balaban J connectivity index is 3.19. The minimum atomic E-state index is 0.733. The lowest BCUT2D eigenvalue weighted by Crippen LogP contribution is -2.30. The second kappa shape index (κ2) is 9.40. The minimum Gasteiger partial charge on any atom is -0.313 e. The molecule has 0 heterocycles. The number of rotatable bonds is 8. The Morgan fingerprint density at radius 3 is 2.50 bits per heavy atom. The molecule has 1 atom stereocenters. The molecule has 0 fully saturated rings. The molecule has 1 nitrogen and oxygen atoms in total. The molecule has 0 spiro atoms. The first-order valence-electron chi connectivity index (χ1n) is 5.16. The van der Waals surface area contributed by atoms with Gasteiger partial charge < -0.3 is 5.32 Å². The van der Waals surface area contributed by atoms with E-state index in [0.29, 0.717) is 0 Å². The van der Waals surface area contributed by atoms with Crippen molar-refractivity contribution in [1.29, 1.82) is 0 Å². The molecular formula is C10H23NS. The highest BCUT2D eigenvalue weighted by atomic mass is 32.2. The van der Waals surface area contributed by atoms with Crippen LogP contribution in [0.5, 0.6) is 0 Å². The fourth-order valence-electron chi connectivity index (χ4n) is 1.08. The standard InChI is InChI=1S/C10H23NS/c1-4-7-8-12-9-10(5-2)11-6-3/h10-11H,4-9H2,1-3H3. The van der Waals surface area contributed by atoms with Gasteiger partial charge in [0.1, 0.15) is 0 Å². The van der Waals surface area contributed by atoms with Gasteiger partial charge in [-0.25, -0.2) is 0 Å². The average molecular weight is 189 g/mol. The van der Waals surface area contributed by atoms with Gasteiger partial charge in [-0.1, -0.05) is 27.2 Å². The maximum absolute atomic E-state index is 3.49. The Kier molecular flexibility index (Phi) is 9.64. The third kappa shape index (κ3) is 6.99. The van der Waals surface area contributed by atoms with E-state index in [4.69, 9.17) is 0 Å². The van der Waals surface area contributed by atoms with E-state index in [-0.39, 0.29) is 0 Å². The van der Waals surface area contributed by atoms with Crippen LogP contribution >= 0.6 is 11.8 Å². The molecule has 74 valence electrons. The predicted octanol–water partition coefficient (Wildman–Crippen LogP) is 2.91. The summed E-state index contributed by atoms with van der Waals surface area (Å²) in [5.41, 5.74) is 0. The molecule has 0 amide bonds. The van der Waals surface area contributed by atoms with Crippen LogP contribution in [0.15, 0.2) is 0 Å². The Bertz CT molecular complexity index is 85.9. The van der Waals surface area contributed by atoms with Crippen molar-refractivity contribution in [3.63, 3.8) is 0 Å². The van der Waals surface area contributed by atoms with E-state index >= 15 is 0 Å². The van der Waals surface area contributed by atoms with Crippen LogP contribution in [0.1, 0.15) is 40.0 Å². The van der Waals surface area contributed by atoms with E-state index in [1.807, 2.05) is 0 Å².